The summed E-state index contributed by atoms with van der Waals surface area (Å²) in [4.78, 5) is 15.6. The van der Waals surface area contributed by atoms with Crippen LogP contribution in [0.3, 0.4) is 0 Å². The van der Waals surface area contributed by atoms with Crippen molar-refractivity contribution in [2.45, 2.75) is 25.8 Å². The van der Waals surface area contributed by atoms with Crippen molar-refractivity contribution in [2.24, 2.45) is 5.73 Å². The molecule has 4 heteroatoms. The molecular formula is C11H16N2O2. The Morgan fingerprint density at radius 2 is 2.33 bits per heavy atom. The number of rotatable bonds is 4. The van der Waals surface area contributed by atoms with Gasteiger partial charge >= 0.3 is 5.97 Å². The molecule has 1 rings (SSSR count). The highest BCUT2D eigenvalue weighted by molar-refractivity contribution is 5.80. The second-order valence-electron chi connectivity index (χ2n) is 3.64. The number of pyridine rings is 1. The number of carbonyl (C=O) groups excluding carboxylic acids is 1. The molecule has 1 atom stereocenters. The molecule has 0 fully saturated rings. The fraction of sp³-hybridized carbons (Fsp3) is 0.455. The van der Waals surface area contributed by atoms with Crippen LogP contribution in [-0.4, -0.2) is 23.1 Å². The van der Waals surface area contributed by atoms with Crippen molar-refractivity contribution in [1.29, 1.82) is 0 Å². The molecule has 0 spiro atoms. The number of carbonyl (C=O) groups is 1. The van der Waals surface area contributed by atoms with Crippen molar-refractivity contribution >= 4 is 5.97 Å². The lowest BCUT2D eigenvalue weighted by Gasteiger charge is -2.21. The van der Waals surface area contributed by atoms with E-state index >= 15 is 0 Å². The Bertz CT molecular complexity index is 323. The third-order valence-corrected chi connectivity index (χ3v) is 2.02. The molecule has 0 bridgehead atoms. The van der Waals surface area contributed by atoms with Crippen molar-refractivity contribution in [3.05, 3.63) is 30.1 Å². The molecule has 0 saturated carbocycles. The first-order valence-electron chi connectivity index (χ1n) is 4.92. The summed E-state index contributed by atoms with van der Waals surface area (Å²) in [6.07, 6.45) is 2.06. The average molecular weight is 208 g/mol. The monoisotopic (exact) mass is 208 g/mol. The summed E-state index contributed by atoms with van der Waals surface area (Å²) in [6, 6.07) is 5.52. The average Bonchev–Trinajstić information content (AvgIpc) is 2.19. The van der Waals surface area contributed by atoms with Gasteiger partial charge in [-0.1, -0.05) is 6.07 Å². The minimum absolute atomic E-state index is 0.341. The van der Waals surface area contributed by atoms with Crippen LogP contribution in [0.5, 0.6) is 0 Å². The highest BCUT2D eigenvalue weighted by Gasteiger charge is 2.30. The molecule has 0 saturated heterocycles. The van der Waals surface area contributed by atoms with E-state index in [1.165, 1.54) is 0 Å². The normalized spacial score (nSPS) is 14.3. The second-order valence-corrected chi connectivity index (χ2v) is 3.64. The molecule has 0 aliphatic rings. The Morgan fingerprint density at radius 3 is 2.87 bits per heavy atom. The molecule has 1 aromatic rings. The van der Waals surface area contributed by atoms with Gasteiger partial charge in [-0.25, -0.2) is 0 Å². The van der Waals surface area contributed by atoms with E-state index in [1.807, 2.05) is 18.2 Å². The Labute approximate surface area is 89.5 Å². The maximum atomic E-state index is 11.5. The lowest BCUT2D eigenvalue weighted by molar-refractivity contribution is -0.148. The van der Waals surface area contributed by atoms with Crippen molar-refractivity contribution in [3.8, 4) is 0 Å². The second kappa shape index (κ2) is 4.89. The van der Waals surface area contributed by atoms with Gasteiger partial charge in [-0.3, -0.25) is 9.78 Å². The molecule has 4 nitrogen and oxygen atoms in total. The topological polar surface area (TPSA) is 65.2 Å². The minimum Gasteiger partial charge on any atom is -0.465 e. The molecule has 2 N–H and O–H groups in total. The van der Waals surface area contributed by atoms with Gasteiger partial charge in [0.25, 0.3) is 0 Å². The van der Waals surface area contributed by atoms with Crippen molar-refractivity contribution in [2.75, 3.05) is 6.61 Å². The summed E-state index contributed by atoms with van der Waals surface area (Å²) in [5, 5.41) is 0. The number of aromatic nitrogens is 1. The van der Waals surface area contributed by atoms with E-state index in [1.54, 1.807) is 20.0 Å². The Hall–Kier alpha value is -1.42. The number of hydrogen-bond donors (Lipinski definition) is 1. The number of esters is 1. The Kier molecular flexibility index (Phi) is 3.80. The highest BCUT2D eigenvalue weighted by atomic mass is 16.5. The van der Waals surface area contributed by atoms with Crippen LogP contribution in [0.1, 0.15) is 19.5 Å². The van der Waals surface area contributed by atoms with E-state index in [4.69, 9.17) is 10.5 Å². The van der Waals surface area contributed by atoms with Gasteiger partial charge in [0.1, 0.15) is 5.54 Å². The highest BCUT2D eigenvalue weighted by Crippen LogP contribution is 2.10. The zero-order valence-electron chi connectivity index (χ0n) is 9.06. The van der Waals surface area contributed by atoms with Gasteiger partial charge in [0.2, 0.25) is 0 Å². The number of hydrogen-bond acceptors (Lipinski definition) is 4. The van der Waals surface area contributed by atoms with Crippen molar-refractivity contribution in [1.82, 2.24) is 4.98 Å². The van der Waals surface area contributed by atoms with Gasteiger partial charge in [0.05, 0.1) is 6.61 Å². The summed E-state index contributed by atoms with van der Waals surface area (Å²) in [7, 11) is 0. The van der Waals surface area contributed by atoms with Gasteiger partial charge in [-0.15, -0.1) is 0 Å². The van der Waals surface area contributed by atoms with E-state index in [0.29, 0.717) is 13.0 Å². The van der Waals surface area contributed by atoms with E-state index in [9.17, 15) is 4.79 Å². The van der Waals surface area contributed by atoms with Crippen LogP contribution >= 0.6 is 0 Å². The van der Waals surface area contributed by atoms with Gasteiger partial charge in [0, 0.05) is 18.3 Å². The Balaban J connectivity index is 2.68. The summed E-state index contributed by atoms with van der Waals surface area (Å²) in [6.45, 7) is 3.75. The molecule has 1 unspecified atom stereocenters. The standard InChI is InChI=1S/C11H16N2O2/c1-3-15-10(14)11(2,12)8-9-6-4-5-7-13-9/h4-7H,3,8,12H2,1-2H3. The predicted octanol–water partition coefficient (Wildman–Crippen LogP) is 0.905. The zero-order chi connectivity index (χ0) is 11.3. The molecule has 1 heterocycles. The summed E-state index contributed by atoms with van der Waals surface area (Å²) >= 11 is 0. The summed E-state index contributed by atoms with van der Waals surface area (Å²) in [5.41, 5.74) is 5.64. The van der Waals surface area contributed by atoms with E-state index in [2.05, 4.69) is 4.98 Å². The molecular weight excluding hydrogens is 192 g/mol. The summed E-state index contributed by atoms with van der Waals surface area (Å²) in [5.74, 6) is -0.393. The SMILES string of the molecule is CCOC(=O)C(C)(N)Cc1ccccn1. The number of ether oxygens (including phenoxy) is 1. The fourth-order valence-electron chi connectivity index (χ4n) is 1.25. The maximum Gasteiger partial charge on any atom is 0.326 e. The first-order chi connectivity index (χ1) is 7.06. The van der Waals surface area contributed by atoms with Crippen LogP contribution in [0.4, 0.5) is 0 Å². The van der Waals surface area contributed by atoms with Crippen LogP contribution in [0.15, 0.2) is 24.4 Å². The maximum absolute atomic E-state index is 11.5. The van der Waals surface area contributed by atoms with E-state index in [0.717, 1.165) is 5.69 Å². The summed E-state index contributed by atoms with van der Waals surface area (Å²) < 4.78 is 4.89. The molecule has 82 valence electrons. The predicted molar refractivity (Wildman–Crippen MR) is 57.2 cm³/mol. The van der Waals surface area contributed by atoms with Gasteiger partial charge < -0.3 is 10.5 Å². The smallest absolute Gasteiger partial charge is 0.326 e. The molecule has 0 amide bonds. The molecule has 15 heavy (non-hydrogen) atoms. The lowest BCUT2D eigenvalue weighted by Crippen LogP contribution is -2.48. The van der Waals surface area contributed by atoms with Crippen molar-refractivity contribution in [3.63, 3.8) is 0 Å². The third kappa shape index (κ3) is 3.32. The van der Waals surface area contributed by atoms with E-state index < -0.39 is 11.5 Å². The molecule has 0 radical (unpaired) electrons. The van der Waals surface area contributed by atoms with Gasteiger partial charge in [-0.2, -0.15) is 0 Å². The first kappa shape index (κ1) is 11.7. The van der Waals surface area contributed by atoms with Crippen LogP contribution in [0.2, 0.25) is 0 Å². The largest absolute Gasteiger partial charge is 0.465 e. The first-order valence-corrected chi connectivity index (χ1v) is 4.92. The van der Waals surface area contributed by atoms with Crippen LogP contribution in [-0.2, 0) is 16.0 Å². The van der Waals surface area contributed by atoms with Crippen LogP contribution in [0, 0.1) is 0 Å². The number of nitrogens with zero attached hydrogens (tertiary/aromatic N) is 1. The third-order valence-electron chi connectivity index (χ3n) is 2.02. The molecule has 0 aliphatic carbocycles. The van der Waals surface area contributed by atoms with Gasteiger partial charge in [0.15, 0.2) is 0 Å². The van der Waals surface area contributed by atoms with Gasteiger partial charge in [-0.05, 0) is 26.0 Å². The molecule has 0 aromatic carbocycles. The van der Waals surface area contributed by atoms with Crippen LogP contribution < -0.4 is 5.73 Å². The van der Waals surface area contributed by atoms with E-state index in [-0.39, 0.29) is 0 Å². The lowest BCUT2D eigenvalue weighted by atomic mass is 9.97. The van der Waals surface area contributed by atoms with Crippen LogP contribution in [0.25, 0.3) is 0 Å². The quantitative estimate of drug-likeness (QED) is 0.747. The number of nitrogens with two attached hydrogens (primary N) is 1. The molecule has 1 aromatic heterocycles. The minimum atomic E-state index is -1.01. The molecule has 0 aliphatic heterocycles. The fourth-order valence-corrected chi connectivity index (χ4v) is 1.25. The zero-order valence-corrected chi connectivity index (χ0v) is 9.06. The Morgan fingerprint density at radius 1 is 1.60 bits per heavy atom. The van der Waals surface area contributed by atoms with Crippen molar-refractivity contribution < 1.29 is 9.53 Å².